The molecule has 27 heavy (non-hydrogen) atoms. The maximum absolute atomic E-state index is 11.1. The van der Waals surface area contributed by atoms with E-state index in [1.807, 2.05) is 0 Å². The number of aliphatic hydroxyl groups is 1. The highest BCUT2D eigenvalue weighted by atomic mass is 16.5. The Morgan fingerprint density at radius 3 is 2.63 bits per heavy atom. The molecule has 0 radical (unpaired) electrons. The number of aliphatic hydroxyl groups excluding tert-OH is 1. The standard InChI is InChI=1S/C24H42O3/c1-6-7-12-16-24(3,4)17-15-21-20(19(2)18-22(21)25)13-10-8-9-11-14-23(26)27-5/h8,10,15,17,19-22,25H,6-7,9,11-14,16,18H2,1-5H3/b10-8-,17-15+/t19-,20-,21+,22+/m0/s1. The fourth-order valence-corrected chi connectivity index (χ4v) is 4.16. The molecule has 0 unspecified atom stereocenters. The first-order chi connectivity index (χ1) is 12.8. The van der Waals surface area contributed by atoms with E-state index < -0.39 is 0 Å². The van der Waals surface area contributed by atoms with Gasteiger partial charge in [-0.2, -0.15) is 0 Å². The van der Waals surface area contributed by atoms with E-state index >= 15 is 0 Å². The van der Waals surface area contributed by atoms with Gasteiger partial charge in [-0.05, 0) is 49.4 Å². The van der Waals surface area contributed by atoms with Crippen molar-refractivity contribution in [3.8, 4) is 0 Å². The first-order valence-corrected chi connectivity index (χ1v) is 10.9. The SMILES string of the molecule is CCCCCC(C)(C)/C=C/[C@@H]1[C@@H](C/C=C\CCCC(=O)OC)[C@@H](C)C[C@H]1O. The normalized spacial score (nSPS) is 26.3. The molecular weight excluding hydrogens is 336 g/mol. The lowest BCUT2D eigenvalue weighted by Crippen LogP contribution is -2.19. The van der Waals surface area contributed by atoms with E-state index in [1.165, 1.54) is 32.8 Å². The average Bonchev–Trinajstić information content (AvgIpc) is 2.89. The van der Waals surface area contributed by atoms with E-state index in [2.05, 4.69) is 56.7 Å². The highest BCUT2D eigenvalue weighted by molar-refractivity contribution is 5.69. The Kier molecular flexibility index (Phi) is 11.0. The number of methoxy groups -OCH3 is 1. The first kappa shape index (κ1) is 23.9. The van der Waals surface area contributed by atoms with Gasteiger partial charge < -0.3 is 9.84 Å². The zero-order valence-electron chi connectivity index (χ0n) is 18.2. The lowest BCUT2D eigenvalue weighted by molar-refractivity contribution is -0.140. The van der Waals surface area contributed by atoms with Gasteiger partial charge in [0, 0.05) is 12.3 Å². The minimum absolute atomic E-state index is 0.136. The molecule has 3 heteroatoms. The second-order valence-corrected chi connectivity index (χ2v) is 9.00. The van der Waals surface area contributed by atoms with E-state index in [9.17, 15) is 9.90 Å². The quantitative estimate of drug-likeness (QED) is 0.255. The fourth-order valence-electron chi connectivity index (χ4n) is 4.16. The zero-order valence-corrected chi connectivity index (χ0v) is 18.2. The van der Waals surface area contributed by atoms with E-state index in [-0.39, 0.29) is 23.4 Å². The molecule has 0 aromatic carbocycles. The third kappa shape index (κ3) is 9.10. The van der Waals surface area contributed by atoms with Crippen LogP contribution in [0.3, 0.4) is 0 Å². The Morgan fingerprint density at radius 2 is 1.96 bits per heavy atom. The molecule has 1 aliphatic rings. The monoisotopic (exact) mass is 378 g/mol. The lowest BCUT2D eigenvalue weighted by atomic mass is 9.82. The fraction of sp³-hybridized carbons (Fsp3) is 0.792. The van der Waals surface area contributed by atoms with Gasteiger partial charge >= 0.3 is 5.97 Å². The molecule has 1 N–H and O–H groups in total. The zero-order chi connectivity index (χ0) is 20.3. The molecule has 1 fully saturated rings. The molecule has 156 valence electrons. The van der Waals surface area contributed by atoms with Crippen molar-refractivity contribution in [3.05, 3.63) is 24.3 Å². The van der Waals surface area contributed by atoms with Crippen LogP contribution in [-0.4, -0.2) is 24.3 Å². The predicted molar refractivity (Wildman–Crippen MR) is 113 cm³/mol. The summed E-state index contributed by atoms with van der Waals surface area (Å²) in [4.78, 5) is 11.1. The Hall–Kier alpha value is -1.09. The van der Waals surface area contributed by atoms with Crippen LogP contribution < -0.4 is 0 Å². The molecule has 0 bridgehead atoms. The third-order valence-corrected chi connectivity index (χ3v) is 6.03. The van der Waals surface area contributed by atoms with Crippen LogP contribution in [0, 0.1) is 23.2 Å². The minimum atomic E-state index is -0.222. The summed E-state index contributed by atoms with van der Waals surface area (Å²) in [6.45, 7) is 9.12. The van der Waals surface area contributed by atoms with Crippen molar-refractivity contribution in [3.63, 3.8) is 0 Å². The summed E-state index contributed by atoms with van der Waals surface area (Å²) in [5.74, 6) is 1.16. The van der Waals surface area contributed by atoms with Crippen molar-refractivity contribution >= 4 is 5.97 Å². The van der Waals surface area contributed by atoms with Crippen LogP contribution >= 0.6 is 0 Å². The average molecular weight is 379 g/mol. The van der Waals surface area contributed by atoms with Crippen molar-refractivity contribution in [2.75, 3.05) is 7.11 Å². The van der Waals surface area contributed by atoms with Gasteiger partial charge in [-0.25, -0.2) is 0 Å². The number of ether oxygens (including phenoxy) is 1. The first-order valence-electron chi connectivity index (χ1n) is 10.9. The van der Waals surface area contributed by atoms with Crippen LogP contribution in [-0.2, 0) is 9.53 Å². The van der Waals surface area contributed by atoms with Crippen LogP contribution in [0.1, 0.15) is 85.5 Å². The number of esters is 1. The number of rotatable bonds is 12. The molecule has 0 aromatic rings. The lowest BCUT2D eigenvalue weighted by Gasteiger charge is -2.24. The number of unbranched alkanes of at least 4 members (excludes halogenated alkanes) is 3. The smallest absolute Gasteiger partial charge is 0.305 e. The van der Waals surface area contributed by atoms with E-state index in [0.717, 1.165) is 25.7 Å². The van der Waals surface area contributed by atoms with Crippen LogP contribution in [0.15, 0.2) is 24.3 Å². The van der Waals surface area contributed by atoms with Crippen molar-refractivity contribution in [1.82, 2.24) is 0 Å². The summed E-state index contributed by atoms with van der Waals surface area (Å²) in [5, 5.41) is 10.5. The number of carbonyl (C=O) groups is 1. The van der Waals surface area contributed by atoms with Gasteiger partial charge in [-0.15, -0.1) is 0 Å². The maximum Gasteiger partial charge on any atom is 0.305 e. The largest absolute Gasteiger partial charge is 0.469 e. The second-order valence-electron chi connectivity index (χ2n) is 9.00. The summed E-state index contributed by atoms with van der Waals surface area (Å²) in [5.41, 5.74) is 0.203. The molecule has 3 nitrogen and oxygen atoms in total. The molecule has 0 heterocycles. The Labute approximate surface area is 167 Å². The Morgan fingerprint density at radius 1 is 1.22 bits per heavy atom. The van der Waals surface area contributed by atoms with Gasteiger partial charge in [0.15, 0.2) is 0 Å². The van der Waals surface area contributed by atoms with Crippen molar-refractivity contribution in [2.24, 2.45) is 23.2 Å². The molecule has 4 atom stereocenters. The molecule has 0 saturated heterocycles. The van der Waals surface area contributed by atoms with Gasteiger partial charge in [0.2, 0.25) is 0 Å². The molecule has 1 aliphatic carbocycles. The molecule has 0 aromatic heterocycles. The summed E-state index contributed by atoms with van der Waals surface area (Å²) in [7, 11) is 1.43. The number of allylic oxidation sites excluding steroid dienone is 3. The molecule has 0 spiro atoms. The number of carbonyl (C=O) groups excluding carboxylic acids is 1. The van der Waals surface area contributed by atoms with E-state index in [1.54, 1.807) is 0 Å². The summed E-state index contributed by atoms with van der Waals surface area (Å²) < 4.78 is 4.66. The summed E-state index contributed by atoms with van der Waals surface area (Å²) in [6, 6.07) is 0. The Balaban J connectivity index is 2.54. The topological polar surface area (TPSA) is 46.5 Å². The van der Waals surface area contributed by atoms with Gasteiger partial charge in [0.05, 0.1) is 13.2 Å². The number of hydrogen-bond donors (Lipinski definition) is 1. The third-order valence-electron chi connectivity index (χ3n) is 6.03. The highest BCUT2D eigenvalue weighted by Crippen LogP contribution is 2.41. The van der Waals surface area contributed by atoms with Gasteiger partial charge in [-0.3, -0.25) is 4.79 Å². The highest BCUT2D eigenvalue weighted by Gasteiger charge is 2.38. The molecular formula is C24H42O3. The molecule has 1 saturated carbocycles. The van der Waals surface area contributed by atoms with E-state index in [0.29, 0.717) is 18.3 Å². The molecule has 0 aliphatic heterocycles. The Bertz CT molecular complexity index is 478. The van der Waals surface area contributed by atoms with Crippen LogP contribution in [0.5, 0.6) is 0 Å². The van der Waals surface area contributed by atoms with Gasteiger partial charge in [-0.1, -0.05) is 71.3 Å². The van der Waals surface area contributed by atoms with Crippen LogP contribution in [0.25, 0.3) is 0 Å². The van der Waals surface area contributed by atoms with Crippen LogP contribution in [0.4, 0.5) is 0 Å². The van der Waals surface area contributed by atoms with Gasteiger partial charge in [0.1, 0.15) is 0 Å². The second kappa shape index (κ2) is 12.4. The van der Waals surface area contributed by atoms with E-state index in [4.69, 9.17) is 0 Å². The van der Waals surface area contributed by atoms with Crippen molar-refractivity contribution < 1.29 is 14.6 Å². The predicted octanol–water partition coefficient (Wildman–Crippen LogP) is 6.07. The maximum atomic E-state index is 11.1. The number of hydrogen-bond acceptors (Lipinski definition) is 3. The van der Waals surface area contributed by atoms with Crippen molar-refractivity contribution in [2.45, 2.75) is 91.6 Å². The summed E-state index contributed by atoms with van der Waals surface area (Å²) in [6.07, 6.45) is 18.0. The molecule has 0 amide bonds. The van der Waals surface area contributed by atoms with Crippen LogP contribution in [0.2, 0.25) is 0 Å². The van der Waals surface area contributed by atoms with Gasteiger partial charge in [0.25, 0.3) is 0 Å². The minimum Gasteiger partial charge on any atom is -0.469 e. The van der Waals surface area contributed by atoms with Crippen molar-refractivity contribution in [1.29, 1.82) is 0 Å². The summed E-state index contributed by atoms with van der Waals surface area (Å²) >= 11 is 0. The molecule has 1 rings (SSSR count).